The molecular formula is C17H28N4O3. The van der Waals surface area contributed by atoms with Crippen molar-refractivity contribution >= 4 is 11.7 Å². The second-order valence-corrected chi connectivity index (χ2v) is 5.90. The largest absolute Gasteiger partial charge is 0.354 e. The van der Waals surface area contributed by atoms with Crippen molar-refractivity contribution in [3.05, 3.63) is 17.8 Å². The fraction of sp³-hybridized carbons (Fsp3) is 0.706. The molecule has 1 atom stereocenters. The summed E-state index contributed by atoms with van der Waals surface area (Å²) in [5.41, 5.74) is 0.892. The summed E-state index contributed by atoms with van der Waals surface area (Å²) in [5.74, 6) is 0.828. The average molecular weight is 336 g/mol. The highest BCUT2D eigenvalue weighted by Gasteiger charge is 2.27. The van der Waals surface area contributed by atoms with Crippen LogP contribution in [-0.2, 0) is 14.3 Å². The molecule has 1 aromatic rings. The van der Waals surface area contributed by atoms with Crippen LogP contribution in [0.1, 0.15) is 32.4 Å². The van der Waals surface area contributed by atoms with Gasteiger partial charge in [-0.05, 0) is 45.7 Å². The predicted molar refractivity (Wildman–Crippen MR) is 91.8 cm³/mol. The smallest absolute Gasteiger partial charge is 0.225 e. The maximum atomic E-state index is 12.5. The van der Waals surface area contributed by atoms with E-state index in [1.165, 1.54) is 0 Å². The zero-order valence-electron chi connectivity index (χ0n) is 14.8. The van der Waals surface area contributed by atoms with E-state index in [9.17, 15) is 4.79 Å². The number of carbonyl (C=O) groups excluding carboxylic acids is 1. The van der Waals surface area contributed by atoms with E-state index in [1.807, 2.05) is 32.9 Å². The minimum Gasteiger partial charge on any atom is -0.354 e. The zero-order chi connectivity index (χ0) is 17.4. The molecular weight excluding hydrogens is 308 g/mol. The maximum Gasteiger partial charge on any atom is 0.225 e. The van der Waals surface area contributed by atoms with E-state index in [1.54, 1.807) is 0 Å². The number of hydrogen-bond acceptors (Lipinski definition) is 6. The number of aryl methyl sites for hydroxylation is 1. The molecule has 0 bridgehead atoms. The van der Waals surface area contributed by atoms with Gasteiger partial charge in [0.15, 0.2) is 12.1 Å². The molecule has 2 rings (SSSR count). The van der Waals surface area contributed by atoms with Gasteiger partial charge in [-0.3, -0.25) is 4.79 Å². The van der Waals surface area contributed by atoms with Gasteiger partial charge < -0.3 is 19.7 Å². The quantitative estimate of drug-likeness (QED) is 0.725. The molecule has 1 fully saturated rings. The Hall–Kier alpha value is -1.73. The van der Waals surface area contributed by atoms with Crippen molar-refractivity contribution in [2.75, 3.05) is 37.7 Å². The third-order valence-corrected chi connectivity index (χ3v) is 4.05. The number of anilines is 1. The first-order valence-electron chi connectivity index (χ1n) is 8.70. The summed E-state index contributed by atoms with van der Waals surface area (Å²) in [6.45, 7) is 8.80. The van der Waals surface area contributed by atoms with Gasteiger partial charge in [0.2, 0.25) is 5.91 Å². The molecule has 2 heterocycles. The number of piperidine rings is 1. The topological polar surface area (TPSA) is 76.6 Å². The van der Waals surface area contributed by atoms with E-state index in [0.717, 1.165) is 30.9 Å². The molecule has 0 aliphatic carbocycles. The molecule has 0 spiro atoms. The molecule has 1 aromatic heterocycles. The number of nitrogens with one attached hydrogen (secondary N) is 1. The molecule has 0 radical (unpaired) electrons. The Morgan fingerprint density at radius 2 is 2.08 bits per heavy atom. The summed E-state index contributed by atoms with van der Waals surface area (Å²) in [4.78, 5) is 14.6. The van der Waals surface area contributed by atoms with Crippen molar-refractivity contribution < 1.29 is 14.3 Å². The third kappa shape index (κ3) is 5.42. The van der Waals surface area contributed by atoms with Gasteiger partial charge in [-0.15, -0.1) is 5.10 Å². The van der Waals surface area contributed by atoms with Crippen LogP contribution in [0.2, 0.25) is 0 Å². The first-order valence-corrected chi connectivity index (χ1v) is 8.70. The van der Waals surface area contributed by atoms with E-state index in [0.29, 0.717) is 26.3 Å². The molecule has 1 aliphatic rings. The number of aromatic nitrogens is 2. The molecule has 7 heteroatoms. The first kappa shape index (κ1) is 18.6. The molecule has 1 saturated heterocycles. The lowest BCUT2D eigenvalue weighted by molar-refractivity contribution is -0.142. The lowest BCUT2D eigenvalue weighted by atomic mass is 9.97. The Balaban J connectivity index is 1.86. The molecule has 24 heavy (non-hydrogen) atoms. The summed E-state index contributed by atoms with van der Waals surface area (Å²) in [5, 5.41) is 11.3. The highest BCUT2D eigenvalue weighted by Crippen LogP contribution is 2.21. The van der Waals surface area contributed by atoms with Crippen molar-refractivity contribution in [2.45, 2.75) is 39.9 Å². The number of nitrogens with zero attached hydrogens (tertiary/aromatic N) is 3. The Morgan fingerprint density at radius 1 is 1.33 bits per heavy atom. The highest BCUT2D eigenvalue weighted by atomic mass is 16.7. The van der Waals surface area contributed by atoms with Crippen LogP contribution < -0.4 is 10.2 Å². The second-order valence-electron chi connectivity index (χ2n) is 5.90. The van der Waals surface area contributed by atoms with E-state index in [-0.39, 0.29) is 18.1 Å². The zero-order valence-corrected chi connectivity index (χ0v) is 14.8. The lowest BCUT2D eigenvalue weighted by Crippen LogP contribution is -2.45. The average Bonchev–Trinajstić information content (AvgIpc) is 2.60. The van der Waals surface area contributed by atoms with Gasteiger partial charge in [0.05, 0.1) is 18.2 Å². The summed E-state index contributed by atoms with van der Waals surface area (Å²) in [6.07, 6.45) is 1.47. The minimum atomic E-state index is -0.383. The molecule has 134 valence electrons. The highest BCUT2D eigenvalue weighted by molar-refractivity contribution is 5.79. The van der Waals surface area contributed by atoms with Crippen molar-refractivity contribution in [2.24, 2.45) is 5.92 Å². The van der Waals surface area contributed by atoms with Gasteiger partial charge in [-0.25, -0.2) is 0 Å². The fourth-order valence-corrected chi connectivity index (χ4v) is 2.83. The fourth-order valence-electron chi connectivity index (χ4n) is 2.83. The molecule has 1 unspecified atom stereocenters. The summed E-state index contributed by atoms with van der Waals surface area (Å²) < 4.78 is 10.9. The van der Waals surface area contributed by atoms with Crippen LogP contribution >= 0.6 is 0 Å². The number of ether oxygens (including phenoxy) is 2. The number of carbonyl (C=O) groups is 1. The van der Waals surface area contributed by atoms with Crippen LogP contribution in [0.25, 0.3) is 0 Å². The molecule has 0 saturated carbocycles. The van der Waals surface area contributed by atoms with E-state index in [4.69, 9.17) is 9.47 Å². The molecule has 0 aromatic carbocycles. The molecule has 1 amide bonds. The Bertz CT molecular complexity index is 503. The SMILES string of the molecule is CCOC(CNC(=O)C1CCCN(c2ccc(C)nn2)C1)OCC. The van der Waals surface area contributed by atoms with Crippen LogP contribution in [0.5, 0.6) is 0 Å². The van der Waals surface area contributed by atoms with Crippen molar-refractivity contribution in [3.8, 4) is 0 Å². The maximum absolute atomic E-state index is 12.5. The van der Waals surface area contributed by atoms with Gasteiger partial charge in [0, 0.05) is 26.3 Å². The van der Waals surface area contributed by atoms with Crippen LogP contribution in [0.4, 0.5) is 5.82 Å². The van der Waals surface area contributed by atoms with Gasteiger partial charge in [-0.2, -0.15) is 5.10 Å². The van der Waals surface area contributed by atoms with Crippen LogP contribution in [-0.4, -0.2) is 55.2 Å². The van der Waals surface area contributed by atoms with Crippen LogP contribution in [0.3, 0.4) is 0 Å². The van der Waals surface area contributed by atoms with Crippen molar-refractivity contribution in [1.29, 1.82) is 0 Å². The Labute approximate surface area is 143 Å². The van der Waals surface area contributed by atoms with Gasteiger partial charge >= 0.3 is 0 Å². The standard InChI is InChI=1S/C17H28N4O3/c1-4-23-16(24-5-2)11-18-17(22)14-7-6-10-21(12-14)15-9-8-13(3)19-20-15/h8-9,14,16H,4-7,10-12H2,1-3H3,(H,18,22). The molecule has 7 nitrogen and oxygen atoms in total. The van der Waals surface area contributed by atoms with Crippen molar-refractivity contribution in [1.82, 2.24) is 15.5 Å². The Morgan fingerprint density at radius 3 is 2.71 bits per heavy atom. The predicted octanol–water partition coefficient (Wildman–Crippen LogP) is 1.52. The number of amides is 1. The molecule has 1 aliphatic heterocycles. The number of hydrogen-bond donors (Lipinski definition) is 1. The normalized spacial score (nSPS) is 18.0. The van der Waals surface area contributed by atoms with Crippen molar-refractivity contribution in [3.63, 3.8) is 0 Å². The summed E-state index contributed by atoms with van der Waals surface area (Å²) in [6, 6.07) is 3.91. The van der Waals surface area contributed by atoms with E-state index < -0.39 is 0 Å². The van der Waals surface area contributed by atoms with Gasteiger partial charge in [-0.1, -0.05) is 0 Å². The number of rotatable bonds is 8. The molecule has 1 N–H and O–H groups in total. The third-order valence-electron chi connectivity index (χ3n) is 4.05. The van der Waals surface area contributed by atoms with Gasteiger partial charge in [0.1, 0.15) is 0 Å². The lowest BCUT2D eigenvalue weighted by Gasteiger charge is -2.32. The first-order chi connectivity index (χ1) is 11.6. The summed E-state index contributed by atoms with van der Waals surface area (Å²) >= 11 is 0. The Kier molecular flexibility index (Phi) is 7.39. The van der Waals surface area contributed by atoms with Crippen LogP contribution in [0.15, 0.2) is 12.1 Å². The summed E-state index contributed by atoms with van der Waals surface area (Å²) in [7, 11) is 0. The monoisotopic (exact) mass is 336 g/mol. The van der Waals surface area contributed by atoms with E-state index >= 15 is 0 Å². The van der Waals surface area contributed by atoms with Gasteiger partial charge in [0.25, 0.3) is 0 Å². The minimum absolute atomic E-state index is 0.0455. The second kappa shape index (κ2) is 9.54. The van der Waals surface area contributed by atoms with E-state index in [2.05, 4.69) is 20.4 Å². The van der Waals surface area contributed by atoms with Crippen LogP contribution in [0, 0.1) is 12.8 Å².